The lowest BCUT2D eigenvalue weighted by atomic mass is 10.1. The summed E-state index contributed by atoms with van der Waals surface area (Å²) < 4.78 is 37.0. The lowest BCUT2D eigenvalue weighted by Gasteiger charge is -2.14. The van der Waals surface area contributed by atoms with Crippen molar-refractivity contribution in [3.63, 3.8) is 0 Å². The molecule has 9 heteroatoms. The van der Waals surface area contributed by atoms with Crippen LogP contribution in [0.25, 0.3) is 0 Å². The Labute approximate surface area is 194 Å². The van der Waals surface area contributed by atoms with Crippen molar-refractivity contribution in [2.75, 3.05) is 20.7 Å². The molecular weight excluding hydrogens is 442 g/mol. The number of rotatable bonds is 10. The summed E-state index contributed by atoms with van der Waals surface area (Å²) in [7, 11) is -0.525. The number of benzene rings is 2. The molecule has 0 aliphatic rings. The van der Waals surface area contributed by atoms with Crippen molar-refractivity contribution in [1.82, 2.24) is 14.6 Å². The zero-order valence-corrected chi connectivity index (χ0v) is 19.6. The van der Waals surface area contributed by atoms with Crippen LogP contribution >= 0.6 is 0 Å². The maximum Gasteiger partial charge on any atom is 0.251 e. The average Bonchev–Trinajstić information content (AvgIpc) is 2.82. The Balaban J connectivity index is 1.65. The fourth-order valence-electron chi connectivity index (χ4n) is 2.96. The Morgan fingerprint density at radius 1 is 1.00 bits per heavy atom. The van der Waals surface area contributed by atoms with Gasteiger partial charge in [-0.15, -0.1) is 0 Å². The van der Waals surface area contributed by atoms with Gasteiger partial charge < -0.3 is 14.8 Å². The van der Waals surface area contributed by atoms with Gasteiger partial charge in [-0.05, 0) is 48.9 Å². The van der Waals surface area contributed by atoms with Gasteiger partial charge in [0.15, 0.2) is 11.5 Å². The number of hydrogen-bond donors (Lipinski definition) is 1. The van der Waals surface area contributed by atoms with E-state index in [2.05, 4.69) is 10.3 Å². The highest BCUT2D eigenvalue weighted by Gasteiger charge is 2.17. The minimum atomic E-state index is -3.49. The van der Waals surface area contributed by atoms with Crippen molar-refractivity contribution in [1.29, 1.82) is 0 Å². The number of pyridine rings is 1. The summed E-state index contributed by atoms with van der Waals surface area (Å²) in [4.78, 5) is 16.9. The van der Waals surface area contributed by atoms with E-state index in [1.807, 2.05) is 19.1 Å². The molecule has 2 aromatic carbocycles. The van der Waals surface area contributed by atoms with Crippen LogP contribution in [0.4, 0.5) is 0 Å². The van der Waals surface area contributed by atoms with Crippen LogP contribution < -0.4 is 14.8 Å². The number of nitrogens with zero attached hydrogens (tertiary/aromatic N) is 2. The average molecular weight is 470 g/mol. The first-order valence-electron chi connectivity index (χ1n) is 10.4. The van der Waals surface area contributed by atoms with Crippen LogP contribution in [0.1, 0.15) is 28.4 Å². The lowest BCUT2D eigenvalue weighted by Crippen LogP contribution is -2.23. The number of sulfonamides is 1. The Morgan fingerprint density at radius 2 is 1.76 bits per heavy atom. The topological polar surface area (TPSA) is 97.8 Å². The molecule has 0 aliphatic heterocycles. The van der Waals surface area contributed by atoms with Gasteiger partial charge in [0.2, 0.25) is 10.0 Å². The second kappa shape index (κ2) is 10.9. The highest BCUT2D eigenvalue weighted by Crippen LogP contribution is 2.29. The summed E-state index contributed by atoms with van der Waals surface area (Å²) in [6.45, 7) is 2.87. The van der Waals surface area contributed by atoms with Crippen LogP contribution in [0.5, 0.6) is 11.5 Å². The van der Waals surface area contributed by atoms with Crippen LogP contribution in [0.2, 0.25) is 0 Å². The van der Waals surface area contributed by atoms with Crippen LogP contribution in [0, 0.1) is 0 Å². The number of carbonyl (C=O) groups is 1. The Kier molecular flexibility index (Phi) is 8.02. The number of amides is 1. The molecule has 174 valence electrons. The van der Waals surface area contributed by atoms with Crippen molar-refractivity contribution < 1.29 is 22.7 Å². The minimum absolute atomic E-state index is 0.200. The summed E-state index contributed by atoms with van der Waals surface area (Å²) in [6, 6.07) is 15.2. The largest absolute Gasteiger partial charge is 0.490 e. The standard InChI is InChI=1S/C24H27N3O5S/c1-4-31-23-14-20(9-12-22(23)32-17-19-6-5-13-25-15-19)24(28)26-16-18-7-10-21(11-8-18)33(29,30)27(2)3/h5-15H,4,16-17H2,1-3H3,(H,26,28). The van der Waals surface area contributed by atoms with Gasteiger partial charge in [-0.3, -0.25) is 9.78 Å². The molecule has 0 bridgehead atoms. The predicted molar refractivity (Wildman–Crippen MR) is 125 cm³/mol. The van der Waals surface area contributed by atoms with Gasteiger partial charge in [-0.25, -0.2) is 12.7 Å². The van der Waals surface area contributed by atoms with E-state index in [0.717, 1.165) is 15.4 Å². The van der Waals surface area contributed by atoms with Crippen LogP contribution in [-0.2, 0) is 23.2 Å². The highest BCUT2D eigenvalue weighted by atomic mass is 32.2. The monoisotopic (exact) mass is 469 g/mol. The summed E-state index contributed by atoms with van der Waals surface area (Å²) in [6.07, 6.45) is 3.42. The van der Waals surface area contributed by atoms with E-state index >= 15 is 0 Å². The molecule has 0 radical (unpaired) electrons. The van der Waals surface area contributed by atoms with Gasteiger partial charge in [0.25, 0.3) is 5.91 Å². The molecule has 1 N–H and O–H groups in total. The molecule has 1 heterocycles. The number of aromatic nitrogens is 1. The molecule has 0 aliphatic carbocycles. The third-order valence-electron chi connectivity index (χ3n) is 4.78. The lowest BCUT2D eigenvalue weighted by molar-refractivity contribution is 0.0950. The van der Waals surface area contributed by atoms with Gasteiger partial charge >= 0.3 is 0 Å². The Bertz CT molecular complexity index is 1180. The zero-order chi connectivity index (χ0) is 23.8. The van der Waals surface area contributed by atoms with Gasteiger partial charge in [0.1, 0.15) is 6.61 Å². The van der Waals surface area contributed by atoms with Crippen molar-refractivity contribution in [3.8, 4) is 11.5 Å². The Hall–Kier alpha value is -3.43. The first kappa shape index (κ1) is 24.2. The molecule has 0 saturated heterocycles. The number of nitrogens with one attached hydrogen (secondary N) is 1. The third kappa shape index (κ3) is 6.30. The maximum atomic E-state index is 12.7. The zero-order valence-electron chi connectivity index (χ0n) is 18.8. The second-order valence-corrected chi connectivity index (χ2v) is 9.51. The molecule has 0 saturated carbocycles. The van der Waals surface area contributed by atoms with Gasteiger partial charge in [-0.1, -0.05) is 18.2 Å². The van der Waals surface area contributed by atoms with E-state index < -0.39 is 10.0 Å². The van der Waals surface area contributed by atoms with Crippen molar-refractivity contribution >= 4 is 15.9 Å². The quantitative estimate of drug-likeness (QED) is 0.490. The SMILES string of the molecule is CCOc1cc(C(=O)NCc2ccc(S(=O)(=O)N(C)C)cc2)ccc1OCc1cccnc1. The smallest absolute Gasteiger partial charge is 0.251 e. The van der Waals surface area contributed by atoms with Crippen LogP contribution in [0.3, 0.4) is 0 Å². The van der Waals surface area contributed by atoms with Crippen molar-refractivity contribution in [2.24, 2.45) is 0 Å². The molecule has 1 amide bonds. The van der Waals surface area contributed by atoms with Gasteiger partial charge in [-0.2, -0.15) is 0 Å². The normalized spacial score (nSPS) is 11.3. The van der Waals surface area contributed by atoms with E-state index in [4.69, 9.17) is 9.47 Å². The van der Waals surface area contributed by atoms with E-state index in [1.165, 1.54) is 26.2 Å². The Morgan fingerprint density at radius 3 is 2.39 bits per heavy atom. The maximum absolute atomic E-state index is 12.7. The molecule has 0 unspecified atom stereocenters. The molecule has 0 spiro atoms. The van der Waals surface area contributed by atoms with Crippen LogP contribution in [0.15, 0.2) is 71.9 Å². The molecule has 33 heavy (non-hydrogen) atoms. The fraction of sp³-hybridized carbons (Fsp3) is 0.250. The van der Waals surface area contributed by atoms with E-state index in [0.29, 0.717) is 30.3 Å². The molecule has 3 rings (SSSR count). The third-order valence-corrected chi connectivity index (χ3v) is 6.61. The molecule has 3 aromatic rings. The van der Waals surface area contributed by atoms with Gasteiger partial charge in [0, 0.05) is 44.2 Å². The molecule has 0 fully saturated rings. The fourth-order valence-corrected chi connectivity index (χ4v) is 3.86. The van der Waals surface area contributed by atoms with Crippen LogP contribution in [-0.4, -0.2) is 44.3 Å². The van der Waals surface area contributed by atoms with E-state index in [1.54, 1.807) is 42.7 Å². The summed E-state index contributed by atoms with van der Waals surface area (Å²) in [5.41, 5.74) is 2.13. The molecular formula is C24H27N3O5S. The summed E-state index contributed by atoms with van der Waals surface area (Å²) >= 11 is 0. The molecule has 0 atom stereocenters. The predicted octanol–water partition coefficient (Wildman–Crippen LogP) is 3.24. The summed E-state index contributed by atoms with van der Waals surface area (Å²) in [5, 5.41) is 2.84. The van der Waals surface area contributed by atoms with E-state index in [9.17, 15) is 13.2 Å². The summed E-state index contributed by atoms with van der Waals surface area (Å²) in [5.74, 6) is 0.738. The van der Waals surface area contributed by atoms with Crippen molar-refractivity contribution in [2.45, 2.75) is 25.0 Å². The molecule has 1 aromatic heterocycles. The highest BCUT2D eigenvalue weighted by molar-refractivity contribution is 7.89. The number of ether oxygens (including phenoxy) is 2. The minimum Gasteiger partial charge on any atom is -0.490 e. The van der Waals surface area contributed by atoms with Gasteiger partial charge in [0.05, 0.1) is 11.5 Å². The number of hydrogen-bond acceptors (Lipinski definition) is 6. The first-order chi connectivity index (χ1) is 15.8. The number of carbonyl (C=O) groups excluding carboxylic acids is 1. The van der Waals surface area contributed by atoms with Crippen molar-refractivity contribution in [3.05, 3.63) is 83.7 Å². The first-order valence-corrected chi connectivity index (χ1v) is 11.8. The second-order valence-electron chi connectivity index (χ2n) is 7.36. The molecule has 8 nitrogen and oxygen atoms in total. The van der Waals surface area contributed by atoms with E-state index in [-0.39, 0.29) is 17.3 Å².